The van der Waals surface area contributed by atoms with Crippen molar-refractivity contribution in [1.82, 2.24) is 15.2 Å². The summed E-state index contributed by atoms with van der Waals surface area (Å²) < 4.78 is 0. The Kier molecular flexibility index (Phi) is 4.78. The van der Waals surface area contributed by atoms with Crippen LogP contribution in [0.25, 0.3) is 0 Å². The number of H-pyrrole nitrogens is 1. The third kappa shape index (κ3) is 2.92. The molecule has 0 radical (unpaired) electrons. The lowest BCUT2D eigenvalue weighted by Crippen LogP contribution is -2.44. The number of carbonyl (C=O) groups is 1. The van der Waals surface area contributed by atoms with Crippen LogP contribution in [0.4, 0.5) is 0 Å². The van der Waals surface area contributed by atoms with Gasteiger partial charge in [0, 0.05) is 24.3 Å². The van der Waals surface area contributed by atoms with E-state index in [1.54, 1.807) is 0 Å². The number of nitrogens with zero attached hydrogens (tertiary/aromatic N) is 1. The molecule has 3 aliphatic rings. The van der Waals surface area contributed by atoms with Crippen molar-refractivity contribution in [2.45, 2.75) is 57.0 Å². The number of carbonyl (C=O) groups excluding carboxylic acids is 1. The topological polar surface area (TPSA) is 65.2 Å². The first-order valence-electron chi connectivity index (χ1n) is 8.52. The van der Waals surface area contributed by atoms with E-state index in [2.05, 4.69) is 10.3 Å². The van der Waals surface area contributed by atoms with Crippen LogP contribution >= 0.6 is 12.4 Å². The molecular weight excluding hydrogens is 314 g/mol. The van der Waals surface area contributed by atoms with E-state index in [9.17, 15) is 9.59 Å². The van der Waals surface area contributed by atoms with E-state index < -0.39 is 0 Å². The zero-order chi connectivity index (χ0) is 15.1. The fraction of sp³-hybridized carbons (Fsp3) is 0.647. The molecule has 2 saturated heterocycles. The van der Waals surface area contributed by atoms with Crippen LogP contribution in [0.15, 0.2) is 10.9 Å². The van der Waals surface area contributed by atoms with Gasteiger partial charge in [-0.3, -0.25) is 9.59 Å². The van der Waals surface area contributed by atoms with Crippen molar-refractivity contribution in [3.8, 4) is 0 Å². The minimum absolute atomic E-state index is 0. The van der Waals surface area contributed by atoms with Gasteiger partial charge in [-0.15, -0.1) is 12.4 Å². The minimum Gasteiger partial charge on any atom is -0.331 e. The predicted octanol–water partition coefficient (Wildman–Crippen LogP) is 1.64. The molecule has 6 heteroatoms. The number of rotatable bonds is 1. The first-order chi connectivity index (χ1) is 10.7. The second-order valence-electron chi connectivity index (χ2n) is 6.81. The van der Waals surface area contributed by atoms with Crippen LogP contribution in [-0.4, -0.2) is 41.0 Å². The van der Waals surface area contributed by atoms with Gasteiger partial charge in [0.1, 0.15) is 5.56 Å². The van der Waals surface area contributed by atoms with E-state index >= 15 is 0 Å². The molecule has 2 aliphatic heterocycles. The van der Waals surface area contributed by atoms with Gasteiger partial charge in [0.15, 0.2) is 0 Å². The average Bonchev–Trinajstić information content (AvgIpc) is 2.79. The Morgan fingerprint density at radius 3 is 2.78 bits per heavy atom. The number of aromatic amines is 1. The highest BCUT2D eigenvalue weighted by molar-refractivity contribution is 5.94. The molecule has 2 atom stereocenters. The van der Waals surface area contributed by atoms with Crippen LogP contribution < -0.4 is 10.9 Å². The van der Waals surface area contributed by atoms with Crippen molar-refractivity contribution in [2.24, 2.45) is 0 Å². The number of amides is 1. The normalized spacial score (nSPS) is 26.2. The molecule has 0 spiro atoms. The third-order valence-electron chi connectivity index (χ3n) is 5.46. The Balaban J connectivity index is 0.00000156. The fourth-order valence-corrected chi connectivity index (χ4v) is 4.29. The van der Waals surface area contributed by atoms with Gasteiger partial charge in [-0.2, -0.15) is 0 Å². The van der Waals surface area contributed by atoms with Crippen molar-refractivity contribution in [1.29, 1.82) is 0 Å². The number of nitrogens with one attached hydrogen (secondary N) is 2. The molecule has 1 aromatic heterocycles. The highest BCUT2D eigenvalue weighted by Crippen LogP contribution is 2.29. The molecular formula is C17H24ClN3O2. The maximum absolute atomic E-state index is 13.0. The summed E-state index contributed by atoms with van der Waals surface area (Å²) in [6, 6.07) is 2.41. The molecule has 5 nitrogen and oxygen atoms in total. The number of aromatic nitrogens is 1. The number of pyridine rings is 1. The molecule has 126 valence electrons. The van der Waals surface area contributed by atoms with Gasteiger partial charge in [0.2, 0.25) is 0 Å². The van der Waals surface area contributed by atoms with Gasteiger partial charge >= 0.3 is 0 Å². The van der Waals surface area contributed by atoms with Gasteiger partial charge in [0.05, 0.1) is 0 Å². The van der Waals surface area contributed by atoms with Crippen LogP contribution in [0.5, 0.6) is 0 Å². The van der Waals surface area contributed by atoms with Crippen molar-refractivity contribution in [3.05, 3.63) is 33.2 Å². The second-order valence-corrected chi connectivity index (χ2v) is 6.81. The molecule has 3 heterocycles. The largest absolute Gasteiger partial charge is 0.331 e. The third-order valence-corrected chi connectivity index (χ3v) is 5.46. The molecule has 2 unspecified atom stereocenters. The van der Waals surface area contributed by atoms with Crippen LogP contribution in [0.2, 0.25) is 0 Å². The molecule has 4 rings (SSSR count). The van der Waals surface area contributed by atoms with Crippen molar-refractivity contribution in [3.63, 3.8) is 0 Å². The number of hydrogen-bond donors (Lipinski definition) is 2. The van der Waals surface area contributed by atoms with Crippen LogP contribution in [0.1, 0.15) is 53.7 Å². The van der Waals surface area contributed by atoms with Gasteiger partial charge in [-0.25, -0.2) is 0 Å². The lowest BCUT2D eigenvalue weighted by atomic mass is 9.94. The predicted molar refractivity (Wildman–Crippen MR) is 91.4 cm³/mol. The molecule has 2 bridgehead atoms. The Morgan fingerprint density at radius 2 is 1.91 bits per heavy atom. The fourth-order valence-electron chi connectivity index (χ4n) is 4.29. The zero-order valence-corrected chi connectivity index (χ0v) is 14.1. The summed E-state index contributed by atoms with van der Waals surface area (Å²) in [7, 11) is 0. The maximum atomic E-state index is 13.0. The smallest absolute Gasteiger partial charge is 0.261 e. The van der Waals surface area contributed by atoms with E-state index in [0.717, 1.165) is 69.3 Å². The van der Waals surface area contributed by atoms with Gasteiger partial charge in [-0.05, 0) is 63.1 Å². The average molecular weight is 338 g/mol. The number of fused-ring (bicyclic) bond motifs is 3. The zero-order valence-electron chi connectivity index (χ0n) is 13.3. The Hall–Kier alpha value is -1.33. The lowest BCUT2D eigenvalue weighted by molar-refractivity contribution is 0.0678. The molecule has 23 heavy (non-hydrogen) atoms. The summed E-state index contributed by atoms with van der Waals surface area (Å²) in [5.41, 5.74) is 2.34. The first kappa shape index (κ1) is 16.5. The van der Waals surface area contributed by atoms with Crippen molar-refractivity contribution >= 4 is 18.3 Å². The SMILES string of the molecule is Cl.O=C(c1cc2c([nH]c1=O)CCCC2)N1C2CCNCC1CC2. The molecule has 0 aromatic carbocycles. The Labute approximate surface area is 142 Å². The Morgan fingerprint density at radius 1 is 1.13 bits per heavy atom. The number of hydrogen-bond acceptors (Lipinski definition) is 3. The first-order valence-corrected chi connectivity index (χ1v) is 8.52. The molecule has 1 aromatic rings. The standard InChI is InChI=1S/C17H23N3O2.ClH/c21-16-14(9-11-3-1-2-4-15(11)19-16)17(22)20-12-5-6-13(20)10-18-8-7-12;/h9,12-13,18H,1-8,10H2,(H,19,21);1H. The van der Waals surface area contributed by atoms with E-state index in [1.165, 1.54) is 0 Å². The molecule has 1 amide bonds. The van der Waals surface area contributed by atoms with Crippen LogP contribution in [0.3, 0.4) is 0 Å². The summed E-state index contributed by atoms with van der Waals surface area (Å²) in [5, 5.41) is 3.40. The molecule has 1 aliphatic carbocycles. The van der Waals surface area contributed by atoms with Crippen molar-refractivity contribution < 1.29 is 4.79 Å². The van der Waals surface area contributed by atoms with E-state index in [-0.39, 0.29) is 29.9 Å². The Bertz CT molecular complexity index is 644. The maximum Gasteiger partial charge on any atom is 0.261 e. The van der Waals surface area contributed by atoms with E-state index in [1.807, 2.05) is 11.0 Å². The number of aryl methyl sites for hydroxylation is 2. The lowest BCUT2D eigenvalue weighted by Gasteiger charge is -2.28. The van der Waals surface area contributed by atoms with Crippen LogP contribution in [-0.2, 0) is 12.8 Å². The quantitative estimate of drug-likeness (QED) is 0.819. The highest BCUT2D eigenvalue weighted by atomic mass is 35.5. The summed E-state index contributed by atoms with van der Waals surface area (Å²) in [6.07, 6.45) is 7.28. The van der Waals surface area contributed by atoms with Gasteiger partial charge < -0.3 is 15.2 Å². The molecule has 2 N–H and O–H groups in total. The minimum atomic E-state index is -0.206. The summed E-state index contributed by atoms with van der Waals surface area (Å²) >= 11 is 0. The van der Waals surface area contributed by atoms with Gasteiger partial charge in [-0.1, -0.05) is 0 Å². The van der Waals surface area contributed by atoms with E-state index in [4.69, 9.17) is 0 Å². The van der Waals surface area contributed by atoms with Crippen LogP contribution in [0, 0.1) is 0 Å². The summed E-state index contributed by atoms with van der Waals surface area (Å²) in [5.74, 6) is -0.0641. The highest BCUT2D eigenvalue weighted by Gasteiger charge is 2.39. The van der Waals surface area contributed by atoms with E-state index in [0.29, 0.717) is 11.6 Å². The summed E-state index contributed by atoms with van der Waals surface area (Å²) in [4.78, 5) is 30.3. The van der Waals surface area contributed by atoms with Crippen molar-refractivity contribution in [2.75, 3.05) is 13.1 Å². The van der Waals surface area contributed by atoms with Gasteiger partial charge in [0.25, 0.3) is 11.5 Å². The number of halogens is 1. The second kappa shape index (κ2) is 6.65. The monoisotopic (exact) mass is 337 g/mol. The summed E-state index contributed by atoms with van der Waals surface area (Å²) in [6.45, 7) is 1.82. The molecule has 0 saturated carbocycles. The molecule has 2 fully saturated rings.